The fourth-order valence-electron chi connectivity index (χ4n) is 2.24. The average Bonchev–Trinajstić information content (AvgIpc) is 2.18. The lowest BCUT2D eigenvalue weighted by Crippen LogP contribution is -2.22. The van der Waals surface area contributed by atoms with E-state index in [4.69, 9.17) is 0 Å². The average molecular weight is 184 g/mol. The number of rotatable bonds is 0. The summed E-state index contributed by atoms with van der Waals surface area (Å²) in [6.45, 7) is 2.00. The van der Waals surface area contributed by atoms with Gasteiger partial charge in [-0.2, -0.15) is 0 Å². The molecule has 1 aromatic carbocycles. The van der Waals surface area contributed by atoms with Crippen molar-refractivity contribution in [3.8, 4) is 0 Å². The molecule has 0 saturated heterocycles. The highest BCUT2D eigenvalue weighted by Gasteiger charge is 2.15. The van der Waals surface area contributed by atoms with Gasteiger partial charge in [-0.05, 0) is 24.1 Å². The van der Waals surface area contributed by atoms with Crippen LogP contribution in [0.3, 0.4) is 0 Å². The molecule has 14 heavy (non-hydrogen) atoms. The van der Waals surface area contributed by atoms with Gasteiger partial charge in [0.2, 0.25) is 0 Å². The van der Waals surface area contributed by atoms with Gasteiger partial charge in [0.15, 0.2) is 0 Å². The van der Waals surface area contributed by atoms with Gasteiger partial charge < -0.3 is 0 Å². The zero-order chi connectivity index (χ0) is 9.54. The topological polar surface area (TPSA) is 16.1 Å². The van der Waals surface area contributed by atoms with Gasteiger partial charge in [0, 0.05) is 24.7 Å². The van der Waals surface area contributed by atoms with E-state index in [0.717, 1.165) is 13.1 Å². The molecule has 0 spiro atoms. The van der Waals surface area contributed by atoms with Gasteiger partial charge in [-0.1, -0.05) is 18.2 Å². The van der Waals surface area contributed by atoms with Crippen LogP contribution < -0.4 is 0 Å². The first kappa shape index (κ1) is 7.94. The summed E-state index contributed by atoms with van der Waals surface area (Å²) in [7, 11) is 2.14. The minimum Gasteiger partial charge on any atom is -0.296 e. The van der Waals surface area contributed by atoms with Crippen LogP contribution in [0.1, 0.15) is 11.3 Å². The van der Waals surface area contributed by atoms with Gasteiger partial charge in [0.1, 0.15) is 0 Å². The smallest absolute Gasteiger partial charge is 0.0625 e. The van der Waals surface area contributed by atoms with Crippen LogP contribution in [0.15, 0.2) is 30.5 Å². The molecule has 0 bridgehead atoms. The van der Waals surface area contributed by atoms with Crippen molar-refractivity contribution in [3.05, 3.63) is 41.7 Å². The first-order valence-corrected chi connectivity index (χ1v) is 4.88. The lowest BCUT2D eigenvalue weighted by Gasteiger charge is -2.24. The molecule has 0 amide bonds. The molecule has 2 aromatic rings. The number of aromatic nitrogens is 1. The van der Waals surface area contributed by atoms with Crippen molar-refractivity contribution in [2.45, 2.75) is 13.1 Å². The van der Waals surface area contributed by atoms with Gasteiger partial charge in [-0.15, -0.1) is 0 Å². The Kier molecular flexibility index (Phi) is 1.58. The standard InChI is InChI=1S/C12H12N2/c1-14-7-10-4-2-3-9-5-6-13-11(8-14)12(9)10/h2-6H,7-8H2,1H3. The molecule has 0 atom stereocenters. The van der Waals surface area contributed by atoms with Crippen LogP contribution >= 0.6 is 0 Å². The second-order valence-electron chi connectivity index (χ2n) is 3.95. The van der Waals surface area contributed by atoms with E-state index < -0.39 is 0 Å². The number of pyridine rings is 1. The minimum absolute atomic E-state index is 0.967. The summed E-state index contributed by atoms with van der Waals surface area (Å²) in [5, 5.41) is 2.69. The fraction of sp³-hybridized carbons (Fsp3) is 0.250. The lowest BCUT2D eigenvalue weighted by molar-refractivity contribution is 0.310. The van der Waals surface area contributed by atoms with Crippen molar-refractivity contribution in [3.63, 3.8) is 0 Å². The van der Waals surface area contributed by atoms with Crippen LogP contribution in [-0.2, 0) is 13.1 Å². The van der Waals surface area contributed by atoms with E-state index in [1.165, 1.54) is 22.0 Å². The first-order valence-electron chi connectivity index (χ1n) is 4.88. The molecule has 1 aromatic heterocycles. The van der Waals surface area contributed by atoms with E-state index >= 15 is 0 Å². The predicted molar refractivity (Wildman–Crippen MR) is 56.9 cm³/mol. The molecule has 70 valence electrons. The number of benzene rings is 1. The second-order valence-corrected chi connectivity index (χ2v) is 3.95. The molecule has 0 saturated carbocycles. The van der Waals surface area contributed by atoms with Crippen LogP contribution in [0.5, 0.6) is 0 Å². The zero-order valence-electron chi connectivity index (χ0n) is 8.20. The summed E-state index contributed by atoms with van der Waals surface area (Å²) in [6.07, 6.45) is 1.90. The Morgan fingerprint density at radius 1 is 1.21 bits per heavy atom. The number of hydrogen-bond acceptors (Lipinski definition) is 2. The molecular weight excluding hydrogens is 172 g/mol. The Hall–Kier alpha value is -1.41. The summed E-state index contributed by atoms with van der Waals surface area (Å²) >= 11 is 0. The van der Waals surface area contributed by atoms with Crippen molar-refractivity contribution in [1.82, 2.24) is 9.88 Å². The van der Waals surface area contributed by atoms with Gasteiger partial charge in [0.25, 0.3) is 0 Å². The molecular formula is C12H12N2. The Morgan fingerprint density at radius 3 is 3.07 bits per heavy atom. The highest BCUT2D eigenvalue weighted by Crippen LogP contribution is 2.27. The van der Waals surface area contributed by atoms with Crippen molar-refractivity contribution >= 4 is 10.8 Å². The zero-order valence-corrected chi connectivity index (χ0v) is 8.20. The van der Waals surface area contributed by atoms with Crippen molar-refractivity contribution < 1.29 is 0 Å². The maximum absolute atomic E-state index is 4.45. The normalized spacial score (nSPS) is 16.1. The van der Waals surface area contributed by atoms with Crippen LogP contribution in [0, 0.1) is 0 Å². The Labute approximate surface area is 83.2 Å². The van der Waals surface area contributed by atoms with E-state index in [2.05, 4.69) is 41.2 Å². The third-order valence-corrected chi connectivity index (χ3v) is 2.82. The molecule has 2 heteroatoms. The lowest BCUT2D eigenvalue weighted by atomic mass is 10.00. The van der Waals surface area contributed by atoms with Crippen LogP contribution in [-0.4, -0.2) is 16.9 Å². The second kappa shape index (κ2) is 2.79. The first-order chi connectivity index (χ1) is 6.84. The Balaban J connectivity index is 2.40. The molecule has 1 aliphatic rings. The van der Waals surface area contributed by atoms with Gasteiger partial charge in [0.05, 0.1) is 5.69 Å². The van der Waals surface area contributed by atoms with Gasteiger partial charge in [-0.3, -0.25) is 9.88 Å². The molecule has 0 fully saturated rings. The van der Waals surface area contributed by atoms with E-state index in [-0.39, 0.29) is 0 Å². The van der Waals surface area contributed by atoms with Gasteiger partial charge >= 0.3 is 0 Å². The molecule has 0 radical (unpaired) electrons. The summed E-state index contributed by atoms with van der Waals surface area (Å²) in [4.78, 5) is 6.74. The highest BCUT2D eigenvalue weighted by atomic mass is 15.1. The SMILES string of the molecule is CN1Cc2cccc3ccnc(c23)C1. The van der Waals surface area contributed by atoms with Crippen LogP contribution in [0.4, 0.5) is 0 Å². The third kappa shape index (κ3) is 1.04. The largest absolute Gasteiger partial charge is 0.296 e. The maximum atomic E-state index is 4.45. The quantitative estimate of drug-likeness (QED) is 0.624. The van der Waals surface area contributed by atoms with Crippen molar-refractivity contribution in [1.29, 1.82) is 0 Å². The molecule has 3 rings (SSSR count). The summed E-state index contributed by atoms with van der Waals surface area (Å²) in [5.74, 6) is 0. The fourth-order valence-corrected chi connectivity index (χ4v) is 2.24. The molecule has 0 aliphatic carbocycles. The highest BCUT2D eigenvalue weighted by molar-refractivity contribution is 5.88. The van der Waals surface area contributed by atoms with Crippen LogP contribution in [0.25, 0.3) is 10.8 Å². The molecule has 2 heterocycles. The van der Waals surface area contributed by atoms with Crippen molar-refractivity contribution in [2.75, 3.05) is 7.05 Å². The third-order valence-electron chi connectivity index (χ3n) is 2.82. The van der Waals surface area contributed by atoms with Crippen molar-refractivity contribution in [2.24, 2.45) is 0 Å². The molecule has 1 aliphatic heterocycles. The predicted octanol–water partition coefficient (Wildman–Crippen LogP) is 2.18. The van der Waals surface area contributed by atoms with E-state index in [1.807, 2.05) is 6.20 Å². The Morgan fingerprint density at radius 2 is 2.14 bits per heavy atom. The van der Waals surface area contributed by atoms with Gasteiger partial charge in [-0.25, -0.2) is 0 Å². The summed E-state index contributed by atoms with van der Waals surface area (Å²) in [5.41, 5.74) is 2.62. The van der Waals surface area contributed by atoms with E-state index in [0.29, 0.717) is 0 Å². The minimum atomic E-state index is 0.967. The molecule has 0 unspecified atom stereocenters. The summed E-state index contributed by atoms with van der Waals surface area (Å²) in [6, 6.07) is 8.58. The molecule has 0 N–H and O–H groups in total. The van der Waals surface area contributed by atoms with Crippen LogP contribution in [0.2, 0.25) is 0 Å². The summed E-state index contributed by atoms with van der Waals surface area (Å²) < 4.78 is 0. The number of hydrogen-bond donors (Lipinski definition) is 0. The number of nitrogens with zero attached hydrogens (tertiary/aromatic N) is 2. The Bertz CT molecular complexity index is 450. The van der Waals surface area contributed by atoms with E-state index in [1.54, 1.807) is 0 Å². The molecule has 2 nitrogen and oxygen atoms in total. The van der Waals surface area contributed by atoms with E-state index in [9.17, 15) is 0 Å². The maximum Gasteiger partial charge on any atom is 0.0625 e. The monoisotopic (exact) mass is 184 g/mol.